The molecule has 1 aromatic carbocycles. The van der Waals surface area contributed by atoms with E-state index in [1.165, 1.54) is 0 Å². The summed E-state index contributed by atoms with van der Waals surface area (Å²) in [5, 5.41) is 11.7. The number of carboxylic acid groups (broad SMARTS) is 1. The summed E-state index contributed by atoms with van der Waals surface area (Å²) in [4.78, 5) is 11.0. The van der Waals surface area contributed by atoms with Gasteiger partial charge in [-0.25, -0.2) is 0 Å². The Morgan fingerprint density at radius 1 is 1.39 bits per heavy atom. The fraction of sp³-hybridized carbons (Fsp3) is 0.357. The van der Waals surface area contributed by atoms with Crippen LogP contribution >= 0.6 is 34.9 Å². The van der Waals surface area contributed by atoms with Crippen molar-refractivity contribution in [3.8, 4) is 11.3 Å². The molecule has 0 amide bonds. The average molecular weight is 374 g/mol. The summed E-state index contributed by atoms with van der Waals surface area (Å²) in [6.07, 6.45) is -1.53. The van der Waals surface area contributed by atoms with E-state index in [0.717, 1.165) is 18.1 Å². The maximum absolute atomic E-state index is 11.0. The van der Waals surface area contributed by atoms with Crippen LogP contribution in [-0.2, 0) is 9.47 Å². The van der Waals surface area contributed by atoms with E-state index in [4.69, 9.17) is 32.7 Å². The van der Waals surface area contributed by atoms with E-state index in [2.05, 4.69) is 8.75 Å². The smallest absolute Gasteiger partial charge is 0.252 e. The lowest BCUT2D eigenvalue weighted by atomic mass is 10.0. The van der Waals surface area contributed by atoms with Crippen molar-refractivity contribution < 1.29 is 19.4 Å². The molecular weight excluding hydrogens is 363 g/mol. The van der Waals surface area contributed by atoms with Gasteiger partial charge < -0.3 is 19.4 Å². The normalized spacial score (nSPS) is 18.8. The van der Waals surface area contributed by atoms with E-state index in [1.807, 2.05) is 0 Å². The molecule has 23 heavy (non-hydrogen) atoms. The fourth-order valence-electron chi connectivity index (χ4n) is 2.53. The van der Waals surface area contributed by atoms with E-state index in [-0.39, 0.29) is 0 Å². The lowest BCUT2D eigenvalue weighted by molar-refractivity contribution is -0.291. The molecule has 1 aromatic heterocycles. The van der Waals surface area contributed by atoms with Crippen LogP contribution in [0.1, 0.15) is 24.6 Å². The predicted octanol–water partition coefficient (Wildman–Crippen LogP) is 3.09. The lowest BCUT2D eigenvalue weighted by Crippen LogP contribution is -2.31. The SMILES string of the molecule is O=C([O-])OC(c1nsnc1-c1c(Cl)cccc1Cl)C1CCCO1. The van der Waals surface area contributed by atoms with Crippen LogP contribution in [0.5, 0.6) is 0 Å². The molecule has 1 saturated heterocycles. The number of benzene rings is 1. The number of carbonyl (C=O) groups is 1. The number of rotatable bonds is 4. The van der Waals surface area contributed by atoms with Crippen LogP contribution in [0.4, 0.5) is 4.79 Å². The van der Waals surface area contributed by atoms with Crippen molar-refractivity contribution in [3.05, 3.63) is 33.9 Å². The van der Waals surface area contributed by atoms with Gasteiger partial charge in [-0.05, 0) is 25.0 Å². The average Bonchev–Trinajstić information content (AvgIpc) is 3.16. The van der Waals surface area contributed by atoms with Gasteiger partial charge in [0, 0.05) is 12.2 Å². The molecule has 2 atom stereocenters. The van der Waals surface area contributed by atoms with Crippen molar-refractivity contribution in [2.24, 2.45) is 0 Å². The van der Waals surface area contributed by atoms with Crippen LogP contribution in [0.15, 0.2) is 18.2 Å². The molecule has 1 aliphatic rings. The molecule has 9 heteroatoms. The zero-order valence-electron chi connectivity index (χ0n) is 11.7. The Morgan fingerprint density at radius 3 is 2.74 bits per heavy atom. The molecule has 122 valence electrons. The minimum absolute atomic E-state index is 0.334. The van der Waals surface area contributed by atoms with Gasteiger partial charge in [-0.15, -0.1) is 0 Å². The second kappa shape index (κ2) is 7.00. The highest BCUT2D eigenvalue weighted by Crippen LogP contribution is 2.40. The molecule has 3 rings (SSSR count). The molecule has 0 aliphatic carbocycles. The van der Waals surface area contributed by atoms with Gasteiger partial charge in [0.15, 0.2) is 0 Å². The Morgan fingerprint density at radius 2 is 2.13 bits per heavy atom. The molecule has 0 N–H and O–H groups in total. The topological polar surface area (TPSA) is 84.4 Å². The van der Waals surface area contributed by atoms with Gasteiger partial charge in [0.1, 0.15) is 17.5 Å². The number of aromatic nitrogens is 2. The molecule has 2 unspecified atom stereocenters. The van der Waals surface area contributed by atoms with Crippen LogP contribution in [0.2, 0.25) is 10.0 Å². The Hall–Kier alpha value is -1.41. The number of hydrogen-bond acceptors (Lipinski definition) is 7. The highest BCUT2D eigenvalue weighted by atomic mass is 35.5. The van der Waals surface area contributed by atoms with Crippen molar-refractivity contribution >= 4 is 41.1 Å². The monoisotopic (exact) mass is 373 g/mol. The maximum Gasteiger partial charge on any atom is 0.252 e. The predicted molar refractivity (Wildman–Crippen MR) is 83.6 cm³/mol. The summed E-state index contributed by atoms with van der Waals surface area (Å²) >= 11 is 13.4. The minimum Gasteiger partial charge on any atom is -0.537 e. The van der Waals surface area contributed by atoms with Gasteiger partial charge in [0.25, 0.3) is 6.16 Å². The third-order valence-corrected chi connectivity index (χ3v) is 4.68. The quantitative estimate of drug-likeness (QED) is 0.765. The van der Waals surface area contributed by atoms with Crippen LogP contribution < -0.4 is 5.11 Å². The largest absolute Gasteiger partial charge is 0.537 e. The number of ether oxygens (including phenoxy) is 2. The van der Waals surface area contributed by atoms with Crippen LogP contribution in [0.25, 0.3) is 11.3 Å². The Labute approximate surface area is 146 Å². The summed E-state index contributed by atoms with van der Waals surface area (Å²) in [5.74, 6) is 0. The summed E-state index contributed by atoms with van der Waals surface area (Å²) in [5.41, 5.74) is 1.22. The molecule has 2 heterocycles. The summed E-state index contributed by atoms with van der Waals surface area (Å²) < 4.78 is 18.9. The van der Waals surface area contributed by atoms with E-state index < -0.39 is 18.4 Å². The van der Waals surface area contributed by atoms with Crippen LogP contribution in [-0.4, -0.2) is 27.6 Å². The number of hydrogen-bond donors (Lipinski definition) is 0. The van der Waals surface area contributed by atoms with E-state index in [0.29, 0.717) is 40.0 Å². The van der Waals surface area contributed by atoms with Crippen molar-refractivity contribution in [3.63, 3.8) is 0 Å². The standard InChI is InChI=1S/C14H12Cl2N2O4S/c15-7-3-1-4-8(16)10(7)11-12(18-23-17-11)13(22-14(19)20)9-5-2-6-21-9/h1,3-4,9,13H,2,5-6H2,(H,19,20)/p-1. The molecule has 2 aromatic rings. The molecule has 1 fully saturated rings. The van der Waals surface area contributed by atoms with Crippen molar-refractivity contribution in [1.29, 1.82) is 0 Å². The highest BCUT2D eigenvalue weighted by molar-refractivity contribution is 6.99. The zero-order valence-corrected chi connectivity index (χ0v) is 14.0. The van der Waals surface area contributed by atoms with Crippen molar-refractivity contribution in [2.45, 2.75) is 25.0 Å². The Bertz CT molecular complexity index is 698. The van der Waals surface area contributed by atoms with Gasteiger partial charge in [-0.1, -0.05) is 29.3 Å². The summed E-state index contributed by atoms with van der Waals surface area (Å²) in [6, 6.07) is 5.06. The first-order valence-corrected chi connectivity index (χ1v) is 8.32. The number of nitrogens with zero attached hydrogens (tertiary/aromatic N) is 2. The van der Waals surface area contributed by atoms with Gasteiger partial charge in [-0.2, -0.15) is 8.75 Å². The highest BCUT2D eigenvalue weighted by Gasteiger charge is 2.32. The molecule has 1 aliphatic heterocycles. The van der Waals surface area contributed by atoms with Gasteiger partial charge >= 0.3 is 0 Å². The molecule has 6 nitrogen and oxygen atoms in total. The van der Waals surface area contributed by atoms with Crippen molar-refractivity contribution in [1.82, 2.24) is 8.75 Å². The fourth-order valence-corrected chi connectivity index (χ4v) is 3.69. The van der Waals surface area contributed by atoms with E-state index in [1.54, 1.807) is 18.2 Å². The van der Waals surface area contributed by atoms with Crippen molar-refractivity contribution in [2.75, 3.05) is 6.61 Å². The molecule has 0 bridgehead atoms. The van der Waals surface area contributed by atoms with E-state index in [9.17, 15) is 9.90 Å². The molecule has 0 radical (unpaired) electrons. The Balaban J connectivity index is 2.05. The minimum atomic E-state index is -1.64. The second-order valence-electron chi connectivity index (χ2n) is 4.93. The number of halogens is 2. The van der Waals surface area contributed by atoms with Gasteiger partial charge in [0.05, 0.1) is 27.9 Å². The first-order valence-electron chi connectivity index (χ1n) is 6.84. The first kappa shape index (κ1) is 16.4. The maximum atomic E-state index is 11.0. The Kier molecular flexibility index (Phi) is 5.01. The van der Waals surface area contributed by atoms with Crippen LogP contribution in [0.3, 0.4) is 0 Å². The first-order chi connectivity index (χ1) is 11.1. The second-order valence-corrected chi connectivity index (χ2v) is 6.28. The number of carbonyl (C=O) groups excluding carboxylic acids is 1. The van der Waals surface area contributed by atoms with Crippen LogP contribution in [0, 0.1) is 0 Å². The molecular formula is C14H11Cl2N2O4S-. The lowest BCUT2D eigenvalue weighted by Gasteiger charge is -2.26. The third kappa shape index (κ3) is 3.42. The molecule has 0 spiro atoms. The zero-order chi connectivity index (χ0) is 16.4. The summed E-state index contributed by atoms with van der Waals surface area (Å²) in [7, 11) is 0. The van der Waals surface area contributed by atoms with E-state index >= 15 is 0 Å². The van der Waals surface area contributed by atoms with Gasteiger partial charge in [0.2, 0.25) is 0 Å². The summed E-state index contributed by atoms with van der Waals surface area (Å²) in [6.45, 7) is 0.539. The van der Waals surface area contributed by atoms with Gasteiger partial charge in [-0.3, -0.25) is 0 Å². The molecule has 0 saturated carbocycles. The third-order valence-electron chi connectivity index (χ3n) is 3.51.